The first kappa shape index (κ1) is 15.3. The molecule has 0 aromatic heterocycles. The number of nitrogens with one attached hydrogen (secondary N) is 2. The van der Waals surface area contributed by atoms with Crippen LogP contribution in [0, 0.1) is 17.8 Å². The van der Waals surface area contributed by atoms with E-state index in [1.54, 1.807) is 0 Å². The van der Waals surface area contributed by atoms with Crippen LogP contribution in [0.2, 0.25) is 0 Å². The van der Waals surface area contributed by atoms with Gasteiger partial charge in [-0.1, -0.05) is 20.8 Å². The Morgan fingerprint density at radius 3 is 2.20 bits per heavy atom. The largest absolute Gasteiger partial charge is 0.353 e. The molecule has 2 aliphatic rings. The second-order valence-electron chi connectivity index (χ2n) is 6.47. The van der Waals surface area contributed by atoms with Crippen LogP contribution in [0.25, 0.3) is 0 Å². The molecule has 0 spiro atoms. The molecule has 1 atom stereocenters. The van der Waals surface area contributed by atoms with Crippen LogP contribution in [-0.2, 0) is 9.59 Å². The lowest BCUT2D eigenvalue weighted by Crippen LogP contribution is -2.53. The number of piperidine rings is 1. The van der Waals surface area contributed by atoms with E-state index in [2.05, 4.69) is 10.6 Å². The Hall–Kier alpha value is -1.10. The maximum atomic E-state index is 12.4. The predicted octanol–water partition coefficient (Wildman–Crippen LogP) is 0.605. The number of nitrogens with zero attached hydrogens (tertiary/aromatic N) is 1. The lowest BCUT2D eigenvalue weighted by Gasteiger charge is -2.38. The van der Waals surface area contributed by atoms with Gasteiger partial charge in [0.1, 0.15) is 0 Å². The van der Waals surface area contributed by atoms with Gasteiger partial charge in [-0.2, -0.15) is 0 Å². The van der Waals surface area contributed by atoms with Crippen molar-refractivity contribution in [1.82, 2.24) is 15.5 Å². The maximum absolute atomic E-state index is 12.4. The average molecular weight is 281 g/mol. The Morgan fingerprint density at radius 1 is 1.15 bits per heavy atom. The molecule has 2 rings (SSSR count). The third-order valence-electron chi connectivity index (χ3n) is 4.59. The third-order valence-corrected chi connectivity index (χ3v) is 4.59. The van der Waals surface area contributed by atoms with Crippen LogP contribution < -0.4 is 10.6 Å². The van der Waals surface area contributed by atoms with Gasteiger partial charge in [0.05, 0.1) is 0 Å². The van der Waals surface area contributed by atoms with Gasteiger partial charge in [-0.3, -0.25) is 9.59 Å². The van der Waals surface area contributed by atoms with E-state index < -0.39 is 0 Å². The summed E-state index contributed by atoms with van der Waals surface area (Å²) in [4.78, 5) is 26.0. The van der Waals surface area contributed by atoms with Crippen molar-refractivity contribution in [3.63, 3.8) is 0 Å². The summed E-state index contributed by atoms with van der Waals surface area (Å²) in [7, 11) is 0. The second-order valence-corrected chi connectivity index (χ2v) is 6.47. The van der Waals surface area contributed by atoms with Gasteiger partial charge in [0.2, 0.25) is 11.8 Å². The number of rotatable bonds is 4. The van der Waals surface area contributed by atoms with Gasteiger partial charge in [0.15, 0.2) is 0 Å². The van der Waals surface area contributed by atoms with Gasteiger partial charge in [-0.05, 0) is 31.8 Å². The summed E-state index contributed by atoms with van der Waals surface area (Å²) in [6.45, 7) is 9.32. The molecule has 2 N–H and O–H groups in total. The summed E-state index contributed by atoms with van der Waals surface area (Å²) >= 11 is 0. The van der Waals surface area contributed by atoms with Gasteiger partial charge >= 0.3 is 0 Å². The molecule has 2 aliphatic heterocycles. The molecule has 2 heterocycles. The first-order valence-electron chi connectivity index (χ1n) is 7.79. The molecule has 0 aliphatic carbocycles. The van der Waals surface area contributed by atoms with Crippen molar-refractivity contribution in [3.8, 4) is 0 Å². The SMILES string of the molecule is CC(C)C(=O)NC1CCN(C(=O)C(C)C2CNC2)CC1. The molecule has 1 unspecified atom stereocenters. The van der Waals surface area contributed by atoms with Crippen LogP contribution in [-0.4, -0.2) is 48.9 Å². The van der Waals surface area contributed by atoms with E-state index in [1.165, 1.54) is 0 Å². The molecule has 114 valence electrons. The topological polar surface area (TPSA) is 61.4 Å². The Bertz CT molecular complexity index is 358. The van der Waals surface area contributed by atoms with E-state index in [0.29, 0.717) is 5.92 Å². The van der Waals surface area contributed by atoms with Gasteiger partial charge in [-0.15, -0.1) is 0 Å². The molecular formula is C15H27N3O2. The monoisotopic (exact) mass is 281 g/mol. The van der Waals surface area contributed by atoms with Crippen LogP contribution in [0.15, 0.2) is 0 Å². The normalized spacial score (nSPS) is 22.5. The molecule has 5 nitrogen and oxygen atoms in total. The second kappa shape index (κ2) is 6.57. The van der Waals surface area contributed by atoms with E-state index in [9.17, 15) is 9.59 Å². The lowest BCUT2D eigenvalue weighted by atomic mass is 9.87. The number of likely N-dealkylation sites (tertiary alicyclic amines) is 1. The van der Waals surface area contributed by atoms with E-state index in [1.807, 2.05) is 25.7 Å². The molecule has 2 amide bonds. The lowest BCUT2D eigenvalue weighted by molar-refractivity contribution is -0.138. The highest BCUT2D eigenvalue weighted by Crippen LogP contribution is 2.21. The number of hydrogen-bond acceptors (Lipinski definition) is 3. The first-order chi connectivity index (χ1) is 9.49. The summed E-state index contributed by atoms with van der Waals surface area (Å²) in [5.41, 5.74) is 0. The first-order valence-corrected chi connectivity index (χ1v) is 7.79. The van der Waals surface area contributed by atoms with Gasteiger partial charge in [-0.25, -0.2) is 0 Å². The minimum absolute atomic E-state index is 0.0285. The van der Waals surface area contributed by atoms with Crippen molar-refractivity contribution >= 4 is 11.8 Å². The van der Waals surface area contributed by atoms with Crippen LogP contribution in [0.4, 0.5) is 0 Å². The zero-order valence-electron chi connectivity index (χ0n) is 12.8. The number of hydrogen-bond donors (Lipinski definition) is 2. The zero-order chi connectivity index (χ0) is 14.7. The molecule has 2 saturated heterocycles. The molecule has 2 fully saturated rings. The van der Waals surface area contributed by atoms with E-state index in [4.69, 9.17) is 0 Å². The predicted molar refractivity (Wildman–Crippen MR) is 78.1 cm³/mol. The van der Waals surface area contributed by atoms with Crippen LogP contribution in [0.3, 0.4) is 0 Å². The Labute approximate surface area is 121 Å². The van der Waals surface area contributed by atoms with Crippen molar-refractivity contribution in [1.29, 1.82) is 0 Å². The maximum Gasteiger partial charge on any atom is 0.225 e. The third kappa shape index (κ3) is 3.51. The van der Waals surface area contributed by atoms with Gasteiger partial charge in [0, 0.05) is 31.0 Å². The highest BCUT2D eigenvalue weighted by atomic mass is 16.2. The molecule has 0 aromatic rings. The molecule has 5 heteroatoms. The summed E-state index contributed by atoms with van der Waals surface area (Å²) < 4.78 is 0. The zero-order valence-corrected chi connectivity index (χ0v) is 12.8. The van der Waals surface area contributed by atoms with E-state index in [0.717, 1.165) is 39.0 Å². The molecule has 0 aromatic carbocycles. The average Bonchev–Trinajstić information content (AvgIpc) is 2.36. The Balaban J connectivity index is 1.76. The number of carbonyl (C=O) groups is 2. The fourth-order valence-corrected chi connectivity index (χ4v) is 2.77. The summed E-state index contributed by atoms with van der Waals surface area (Å²) in [5.74, 6) is 1.05. The van der Waals surface area contributed by atoms with Crippen molar-refractivity contribution in [2.45, 2.75) is 39.7 Å². The minimum atomic E-state index is 0.0285. The molecular weight excluding hydrogens is 254 g/mol. The summed E-state index contributed by atoms with van der Waals surface area (Å²) in [6.07, 6.45) is 1.75. The quantitative estimate of drug-likeness (QED) is 0.793. The van der Waals surface area contributed by atoms with Crippen molar-refractivity contribution in [2.24, 2.45) is 17.8 Å². The number of amides is 2. The van der Waals surface area contributed by atoms with Crippen molar-refractivity contribution in [3.05, 3.63) is 0 Å². The molecule has 0 bridgehead atoms. The standard InChI is InChI=1S/C15H27N3O2/c1-10(2)14(19)17-13-4-6-18(7-5-13)15(20)11(3)12-8-16-9-12/h10-13,16H,4-9H2,1-3H3,(H,17,19). The summed E-state index contributed by atoms with van der Waals surface area (Å²) in [6, 6.07) is 0.231. The smallest absolute Gasteiger partial charge is 0.225 e. The molecule has 0 saturated carbocycles. The van der Waals surface area contributed by atoms with Crippen molar-refractivity contribution in [2.75, 3.05) is 26.2 Å². The Morgan fingerprint density at radius 2 is 1.75 bits per heavy atom. The van der Waals surface area contributed by atoms with E-state index in [-0.39, 0.29) is 29.7 Å². The highest BCUT2D eigenvalue weighted by molar-refractivity contribution is 5.79. The van der Waals surface area contributed by atoms with Crippen LogP contribution in [0.5, 0.6) is 0 Å². The molecule has 20 heavy (non-hydrogen) atoms. The van der Waals surface area contributed by atoms with Gasteiger partial charge < -0.3 is 15.5 Å². The Kier molecular flexibility index (Phi) is 5.02. The van der Waals surface area contributed by atoms with E-state index >= 15 is 0 Å². The fraction of sp³-hybridized carbons (Fsp3) is 0.867. The van der Waals surface area contributed by atoms with Crippen molar-refractivity contribution < 1.29 is 9.59 Å². The van der Waals surface area contributed by atoms with Gasteiger partial charge in [0.25, 0.3) is 0 Å². The number of carbonyl (C=O) groups excluding carboxylic acids is 2. The minimum Gasteiger partial charge on any atom is -0.353 e. The highest BCUT2D eigenvalue weighted by Gasteiger charge is 2.33. The van der Waals surface area contributed by atoms with Crippen LogP contribution in [0.1, 0.15) is 33.6 Å². The fourth-order valence-electron chi connectivity index (χ4n) is 2.77. The van der Waals surface area contributed by atoms with Crippen LogP contribution >= 0.6 is 0 Å². The summed E-state index contributed by atoms with van der Waals surface area (Å²) in [5, 5.41) is 6.29. The molecule has 0 radical (unpaired) electrons.